The van der Waals surface area contributed by atoms with E-state index in [-0.39, 0.29) is 41.5 Å². The van der Waals surface area contributed by atoms with E-state index in [9.17, 15) is 10.1 Å². The first-order chi connectivity index (χ1) is 11.6. The van der Waals surface area contributed by atoms with Gasteiger partial charge in [-0.05, 0) is 18.9 Å². The quantitative estimate of drug-likeness (QED) is 0.404. The van der Waals surface area contributed by atoms with Crippen LogP contribution >= 0.6 is 24.8 Å². The highest BCUT2D eigenvalue weighted by Gasteiger charge is 2.30. The number of rotatable bonds is 8. The van der Waals surface area contributed by atoms with Crippen molar-refractivity contribution >= 4 is 30.5 Å². The Kier molecular flexibility index (Phi) is 11.2. The molecule has 1 aliphatic rings. The third-order valence-electron chi connectivity index (χ3n) is 4.33. The number of piperazine rings is 1. The second kappa shape index (κ2) is 12.0. The summed E-state index contributed by atoms with van der Waals surface area (Å²) in [5.74, 6) is 0.882. The number of nitro benzene ring substituents is 1. The molecular formula is C17H27Cl2N3O4. The average molecular weight is 408 g/mol. The van der Waals surface area contributed by atoms with Gasteiger partial charge in [-0.25, -0.2) is 0 Å². The van der Waals surface area contributed by atoms with Crippen molar-refractivity contribution in [3.05, 3.63) is 40.5 Å². The fourth-order valence-corrected chi connectivity index (χ4v) is 3.11. The number of allylic oxidation sites excluding steroid dienone is 1. The maximum absolute atomic E-state index is 11.6. The molecule has 0 aromatic heterocycles. The van der Waals surface area contributed by atoms with Crippen molar-refractivity contribution in [3.63, 3.8) is 0 Å². The van der Waals surface area contributed by atoms with Gasteiger partial charge in [0.15, 0.2) is 11.5 Å². The van der Waals surface area contributed by atoms with Crippen molar-refractivity contribution in [3.8, 4) is 11.5 Å². The Hall–Kier alpha value is -1.54. The summed E-state index contributed by atoms with van der Waals surface area (Å²) >= 11 is 0. The highest BCUT2D eigenvalue weighted by atomic mass is 35.5. The number of nitro groups is 1. The van der Waals surface area contributed by atoms with Crippen molar-refractivity contribution in [2.45, 2.75) is 18.9 Å². The van der Waals surface area contributed by atoms with Crippen LogP contribution in [0.4, 0.5) is 5.69 Å². The fourth-order valence-electron chi connectivity index (χ4n) is 3.11. The SMILES string of the molecule is C=CCC[C@H](c1cc(OC)c(OC)cc1[N+](=O)[O-])N1CCNCC1.Cl.Cl. The third kappa shape index (κ3) is 5.74. The maximum atomic E-state index is 11.6. The number of halogens is 2. The fraction of sp³-hybridized carbons (Fsp3) is 0.529. The topological polar surface area (TPSA) is 76.9 Å². The molecule has 0 bridgehead atoms. The van der Waals surface area contributed by atoms with Gasteiger partial charge in [-0.1, -0.05) is 6.08 Å². The second-order valence-electron chi connectivity index (χ2n) is 5.69. The minimum Gasteiger partial charge on any atom is -0.493 e. The summed E-state index contributed by atoms with van der Waals surface area (Å²) in [6.45, 7) is 7.25. The molecule has 7 nitrogen and oxygen atoms in total. The summed E-state index contributed by atoms with van der Waals surface area (Å²) in [5, 5.41) is 14.9. The van der Waals surface area contributed by atoms with Crippen LogP contribution in [0.25, 0.3) is 0 Å². The first kappa shape index (κ1) is 24.5. The van der Waals surface area contributed by atoms with Gasteiger partial charge in [-0.15, -0.1) is 31.4 Å². The van der Waals surface area contributed by atoms with E-state index in [2.05, 4.69) is 16.8 Å². The Morgan fingerprint density at radius 3 is 2.35 bits per heavy atom. The first-order valence-corrected chi connectivity index (χ1v) is 8.08. The summed E-state index contributed by atoms with van der Waals surface area (Å²) in [7, 11) is 3.02. The van der Waals surface area contributed by atoms with Gasteiger partial charge in [0, 0.05) is 32.2 Å². The molecule has 0 saturated carbocycles. The minimum atomic E-state index is -0.347. The minimum absolute atomic E-state index is 0. The highest BCUT2D eigenvalue weighted by Crippen LogP contribution is 2.40. The Labute approximate surface area is 166 Å². The van der Waals surface area contributed by atoms with E-state index in [1.807, 2.05) is 6.08 Å². The molecule has 1 saturated heterocycles. The van der Waals surface area contributed by atoms with Crippen LogP contribution in [-0.2, 0) is 0 Å². The zero-order chi connectivity index (χ0) is 17.5. The maximum Gasteiger partial charge on any atom is 0.278 e. The lowest BCUT2D eigenvalue weighted by Gasteiger charge is -2.35. The highest BCUT2D eigenvalue weighted by molar-refractivity contribution is 5.85. The molecule has 1 fully saturated rings. The summed E-state index contributed by atoms with van der Waals surface area (Å²) < 4.78 is 10.6. The third-order valence-corrected chi connectivity index (χ3v) is 4.33. The van der Waals surface area contributed by atoms with Gasteiger partial charge in [0.25, 0.3) is 5.69 Å². The predicted molar refractivity (Wildman–Crippen MR) is 107 cm³/mol. The second-order valence-corrected chi connectivity index (χ2v) is 5.69. The Morgan fingerprint density at radius 2 is 1.85 bits per heavy atom. The molecule has 0 unspecified atom stereocenters. The molecule has 1 aromatic rings. The zero-order valence-electron chi connectivity index (χ0n) is 15.1. The monoisotopic (exact) mass is 407 g/mol. The van der Waals surface area contributed by atoms with Crippen molar-refractivity contribution in [1.29, 1.82) is 0 Å². The number of hydrogen-bond donors (Lipinski definition) is 1. The van der Waals surface area contributed by atoms with Crippen LogP contribution < -0.4 is 14.8 Å². The molecule has 1 aliphatic heterocycles. The van der Waals surface area contributed by atoms with Crippen molar-refractivity contribution in [2.75, 3.05) is 40.4 Å². The molecule has 148 valence electrons. The molecule has 0 spiro atoms. The van der Waals surface area contributed by atoms with Crippen molar-refractivity contribution in [2.24, 2.45) is 0 Å². The van der Waals surface area contributed by atoms with E-state index in [1.165, 1.54) is 20.3 Å². The van der Waals surface area contributed by atoms with E-state index < -0.39 is 0 Å². The van der Waals surface area contributed by atoms with Crippen LogP contribution in [-0.4, -0.2) is 50.2 Å². The number of nitrogens with zero attached hydrogens (tertiary/aromatic N) is 2. The lowest BCUT2D eigenvalue weighted by Crippen LogP contribution is -2.45. The summed E-state index contributed by atoms with van der Waals surface area (Å²) in [4.78, 5) is 13.5. The number of hydrogen-bond acceptors (Lipinski definition) is 6. The molecule has 0 radical (unpaired) electrons. The van der Waals surface area contributed by atoms with Gasteiger partial charge < -0.3 is 14.8 Å². The number of benzene rings is 1. The summed E-state index contributed by atoms with van der Waals surface area (Å²) in [6.07, 6.45) is 3.42. The van der Waals surface area contributed by atoms with E-state index in [0.29, 0.717) is 17.1 Å². The van der Waals surface area contributed by atoms with Gasteiger partial charge >= 0.3 is 0 Å². The van der Waals surface area contributed by atoms with E-state index in [0.717, 1.165) is 39.0 Å². The molecule has 1 aromatic carbocycles. The molecule has 26 heavy (non-hydrogen) atoms. The van der Waals surface area contributed by atoms with Crippen LogP contribution in [0.15, 0.2) is 24.8 Å². The summed E-state index contributed by atoms with van der Waals surface area (Å²) in [5.41, 5.74) is 0.738. The zero-order valence-corrected chi connectivity index (χ0v) is 16.7. The lowest BCUT2D eigenvalue weighted by molar-refractivity contribution is -0.386. The molecule has 1 heterocycles. The van der Waals surface area contributed by atoms with Crippen LogP contribution in [0.5, 0.6) is 11.5 Å². The largest absolute Gasteiger partial charge is 0.493 e. The standard InChI is InChI=1S/C17H25N3O4.2ClH/c1-4-5-6-14(19-9-7-18-8-10-19)13-11-16(23-2)17(24-3)12-15(13)20(21)22;;/h4,11-12,14,18H,1,5-10H2,2-3H3;2*1H/t14-;;/m1../s1. The average Bonchev–Trinajstić information content (AvgIpc) is 2.62. The molecule has 1 N–H and O–H groups in total. The first-order valence-electron chi connectivity index (χ1n) is 8.08. The van der Waals surface area contributed by atoms with Crippen LogP contribution in [0.1, 0.15) is 24.4 Å². The smallest absolute Gasteiger partial charge is 0.278 e. The number of ether oxygens (including phenoxy) is 2. The number of nitrogens with one attached hydrogen (secondary N) is 1. The van der Waals surface area contributed by atoms with Crippen LogP contribution in [0, 0.1) is 10.1 Å². The molecular weight excluding hydrogens is 381 g/mol. The van der Waals surface area contributed by atoms with Gasteiger partial charge in [0.05, 0.1) is 30.8 Å². The lowest BCUT2D eigenvalue weighted by atomic mass is 9.97. The Balaban J connectivity index is 0.00000312. The Morgan fingerprint density at radius 1 is 1.27 bits per heavy atom. The number of methoxy groups -OCH3 is 2. The molecule has 2 rings (SSSR count). The van der Waals surface area contributed by atoms with E-state index in [4.69, 9.17) is 9.47 Å². The van der Waals surface area contributed by atoms with Gasteiger partial charge in [0.1, 0.15) is 0 Å². The van der Waals surface area contributed by atoms with E-state index in [1.54, 1.807) is 6.07 Å². The molecule has 0 aliphatic carbocycles. The van der Waals surface area contributed by atoms with Crippen molar-refractivity contribution < 1.29 is 14.4 Å². The molecule has 0 amide bonds. The Bertz CT molecular complexity index is 596. The van der Waals surface area contributed by atoms with E-state index >= 15 is 0 Å². The summed E-state index contributed by atoms with van der Waals surface area (Å²) in [6, 6.07) is 3.15. The van der Waals surface area contributed by atoms with Gasteiger partial charge in [-0.3, -0.25) is 15.0 Å². The molecule has 1 atom stereocenters. The predicted octanol–water partition coefficient (Wildman–Crippen LogP) is 3.37. The normalized spacial score (nSPS) is 15.2. The van der Waals surface area contributed by atoms with Gasteiger partial charge in [0.2, 0.25) is 0 Å². The molecule has 9 heteroatoms. The van der Waals surface area contributed by atoms with Crippen LogP contribution in [0.3, 0.4) is 0 Å². The van der Waals surface area contributed by atoms with Crippen molar-refractivity contribution in [1.82, 2.24) is 10.2 Å². The van der Waals surface area contributed by atoms with Crippen LogP contribution in [0.2, 0.25) is 0 Å². The van der Waals surface area contributed by atoms with Gasteiger partial charge in [-0.2, -0.15) is 0 Å².